The van der Waals surface area contributed by atoms with Crippen LogP contribution in [-0.2, 0) is 19.1 Å². The number of carbonyl (C=O) groups is 2. The molecule has 0 aliphatic heterocycles. The maximum Gasteiger partial charge on any atom is 0.308 e. The summed E-state index contributed by atoms with van der Waals surface area (Å²) in [6.45, 7) is 3.88. The monoisotopic (exact) mass is 227 g/mol. The van der Waals surface area contributed by atoms with Gasteiger partial charge >= 0.3 is 11.9 Å². The van der Waals surface area contributed by atoms with Crippen LogP contribution in [0.5, 0.6) is 0 Å². The summed E-state index contributed by atoms with van der Waals surface area (Å²) in [6, 6.07) is 1.88. The van der Waals surface area contributed by atoms with E-state index in [0.29, 0.717) is 13.0 Å². The Balaban J connectivity index is 3.71. The van der Waals surface area contributed by atoms with Gasteiger partial charge in [0, 0.05) is 6.42 Å². The Labute approximate surface area is 95.3 Å². The number of carbonyl (C=O) groups excluding carboxylic acids is 2. The van der Waals surface area contributed by atoms with Crippen molar-refractivity contribution in [1.82, 2.24) is 0 Å². The van der Waals surface area contributed by atoms with Gasteiger partial charge < -0.3 is 9.47 Å². The zero-order valence-electron chi connectivity index (χ0n) is 9.69. The van der Waals surface area contributed by atoms with E-state index in [4.69, 9.17) is 14.7 Å². The van der Waals surface area contributed by atoms with E-state index < -0.39 is 0 Å². The minimum absolute atomic E-state index is 0.110. The van der Waals surface area contributed by atoms with Crippen molar-refractivity contribution < 1.29 is 19.1 Å². The lowest BCUT2D eigenvalue weighted by Gasteiger charge is -2.09. The molecule has 0 heterocycles. The van der Waals surface area contributed by atoms with Crippen LogP contribution in [-0.4, -0.2) is 25.2 Å². The maximum atomic E-state index is 11.3. The van der Waals surface area contributed by atoms with E-state index in [-0.39, 0.29) is 37.3 Å². The summed E-state index contributed by atoms with van der Waals surface area (Å²) in [6.07, 6.45) is 0.808. The second kappa shape index (κ2) is 8.72. The highest BCUT2D eigenvalue weighted by atomic mass is 16.5. The van der Waals surface area contributed by atoms with Crippen LogP contribution in [0.15, 0.2) is 0 Å². The topological polar surface area (TPSA) is 76.4 Å². The molecule has 0 aliphatic rings. The fourth-order valence-electron chi connectivity index (χ4n) is 1.02. The molecule has 5 heteroatoms. The number of nitriles is 1. The number of hydrogen-bond acceptors (Lipinski definition) is 5. The quantitative estimate of drug-likeness (QED) is 0.485. The van der Waals surface area contributed by atoms with Crippen LogP contribution < -0.4 is 0 Å². The highest BCUT2D eigenvalue weighted by Gasteiger charge is 2.16. The van der Waals surface area contributed by atoms with Crippen LogP contribution in [0.2, 0.25) is 0 Å². The van der Waals surface area contributed by atoms with Gasteiger partial charge in [0.05, 0.1) is 25.0 Å². The third-order valence-corrected chi connectivity index (χ3v) is 1.95. The number of nitrogens with zero attached hydrogens (tertiary/aromatic N) is 1. The van der Waals surface area contributed by atoms with Crippen molar-refractivity contribution in [3.05, 3.63) is 0 Å². The average molecular weight is 227 g/mol. The second-order valence-electron chi connectivity index (χ2n) is 3.32. The van der Waals surface area contributed by atoms with Gasteiger partial charge in [-0.2, -0.15) is 5.26 Å². The lowest BCUT2D eigenvalue weighted by atomic mass is 10.1. The van der Waals surface area contributed by atoms with Crippen LogP contribution in [0.4, 0.5) is 0 Å². The zero-order chi connectivity index (χ0) is 12.4. The average Bonchev–Trinajstić information content (AvgIpc) is 2.26. The molecule has 16 heavy (non-hydrogen) atoms. The molecule has 0 aliphatic carbocycles. The lowest BCUT2D eigenvalue weighted by molar-refractivity contribution is -0.149. The SMILES string of the molecule is CCOC(=O)CCC(C)C(=O)OCCC#N. The minimum Gasteiger partial charge on any atom is -0.466 e. The molecule has 0 saturated heterocycles. The van der Waals surface area contributed by atoms with E-state index in [1.165, 1.54) is 0 Å². The molecule has 90 valence electrons. The summed E-state index contributed by atoms with van der Waals surface area (Å²) in [5.74, 6) is -1.03. The Morgan fingerprint density at radius 2 is 2.06 bits per heavy atom. The molecule has 0 radical (unpaired) electrons. The molecular formula is C11H17NO4. The van der Waals surface area contributed by atoms with Crippen molar-refractivity contribution in [3.63, 3.8) is 0 Å². The van der Waals surface area contributed by atoms with Gasteiger partial charge in [-0.25, -0.2) is 0 Å². The van der Waals surface area contributed by atoms with Gasteiger partial charge in [-0.1, -0.05) is 6.92 Å². The second-order valence-corrected chi connectivity index (χ2v) is 3.32. The van der Waals surface area contributed by atoms with Gasteiger partial charge in [0.25, 0.3) is 0 Å². The van der Waals surface area contributed by atoms with Crippen molar-refractivity contribution in [2.24, 2.45) is 5.92 Å². The molecule has 0 bridgehead atoms. The first-order valence-electron chi connectivity index (χ1n) is 5.31. The summed E-state index contributed by atoms with van der Waals surface area (Å²) in [5.41, 5.74) is 0. The summed E-state index contributed by atoms with van der Waals surface area (Å²) in [5, 5.41) is 8.25. The van der Waals surface area contributed by atoms with Crippen molar-refractivity contribution in [2.45, 2.75) is 33.1 Å². The highest BCUT2D eigenvalue weighted by Crippen LogP contribution is 2.08. The maximum absolute atomic E-state index is 11.3. The number of esters is 2. The molecule has 0 N–H and O–H groups in total. The Kier molecular flexibility index (Phi) is 7.86. The van der Waals surface area contributed by atoms with E-state index in [1.807, 2.05) is 6.07 Å². The van der Waals surface area contributed by atoms with Gasteiger partial charge in [-0.05, 0) is 13.3 Å². The van der Waals surface area contributed by atoms with Gasteiger partial charge in [-0.3, -0.25) is 9.59 Å². The van der Waals surface area contributed by atoms with E-state index >= 15 is 0 Å². The van der Waals surface area contributed by atoms with Gasteiger partial charge in [0.15, 0.2) is 0 Å². The molecule has 5 nitrogen and oxygen atoms in total. The summed E-state index contributed by atoms with van der Waals surface area (Å²) < 4.78 is 9.56. The first kappa shape index (κ1) is 14.4. The van der Waals surface area contributed by atoms with Crippen LogP contribution in [0, 0.1) is 17.2 Å². The van der Waals surface area contributed by atoms with Crippen LogP contribution in [0.25, 0.3) is 0 Å². The molecule has 0 aromatic carbocycles. The van der Waals surface area contributed by atoms with E-state index in [2.05, 4.69) is 0 Å². The van der Waals surface area contributed by atoms with Crippen LogP contribution in [0.3, 0.4) is 0 Å². The Bertz CT molecular complexity index is 270. The Morgan fingerprint density at radius 3 is 2.62 bits per heavy atom. The van der Waals surface area contributed by atoms with Crippen LogP contribution in [0.1, 0.15) is 33.1 Å². The summed E-state index contributed by atoms with van der Waals surface area (Å²) in [4.78, 5) is 22.3. The first-order chi connectivity index (χ1) is 7.61. The molecule has 1 atom stereocenters. The van der Waals surface area contributed by atoms with Gasteiger partial charge in [0.2, 0.25) is 0 Å². The van der Waals surface area contributed by atoms with E-state index in [0.717, 1.165) is 0 Å². The zero-order valence-corrected chi connectivity index (χ0v) is 9.69. The fraction of sp³-hybridized carbons (Fsp3) is 0.727. The molecule has 0 rings (SSSR count). The molecule has 0 amide bonds. The highest BCUT2D eigenvalue weighted by molar-refractivity contribution is 5.74. The molecule has 0 fully saturated rings. The van der Waals surface area contributed by atoms with Crippen molar-refractivity contribution >= 4 is 11.9 Å². The van der Waals surface area contributed by atoms with Crippen LogP contribution >= 0.6 is 0 Å². The predicted molar refractivity (Wildman–Crippen MR) is 56.2 cm³/mol. The summed E-state index contributed by atoms with van der Waals surface area (Å²) >= 11 is 0. The normalized spacial score (nSPS) is 11.3. The molecule has 0 spiro atoms. The number of hydrogen-bond donors (Lipinski definition) is 0. The van der Waals surface area contributed by atoms with E-state index in [9.17, 15) is 9.59 Å². The summed E-state index contributed by atoms with van der Waals surface area (Å²) in [7, 11) is 0. The number of rotatable bonds is 7. The van der Waals surface area contributed by atoms with Gasteiger partial charge in [-0.15, -0.1) is 0 Å². The molecular weight excluding hydrogens is 210 g/mol. The standard InChI is InChI=1S/C11H17NO4/c1-3-15-10(13)6-5-9(2)11(14)16-8-4-7-12/h9H,3-6,8H2,1-2H3. The van der Waals surface area contributed by atoms with Crippen molar-refractivity contribution in [2.75, 3.05) is 13.2 Å². The largest absolute Gasteiger partial charge is 0.466 e. The molecule has 1 unspecified atom stereocenters. The lowest BCUT2D eigenvalue weighted by Crippen LogP contribution is -2.17. The molecule has 0 aromatic rings. The fourth-order valence-corrected chi connectivity index (χ4v) is 1.02. The third-order valence-electron chi connectivity index (χ3n) is 1.95. The number of ether oxygens (including phenoxy) is 2. The van der Waals surface area contributed by atoms with Crippen molar-refractivity contribution in [1.29, 1.82) is 5.26 Å². The van der Waals surface area contributed by atoms with Crippen molar-refractivity contribution in [3.8, 4) is 6.07 Å². The smallest absolute Gasteiger partial charge is 0.308 e. The van der Waals surface area contributed by atoms with E-state index in [1.54, 1.807) is 13.8 Å². The third kappa shape index (κ3) is 6.82. The molecule has 0 aromatic heterocycles. The first-order valence-corrected chi connectivity index (χ1v) is 5.31. The Morgan fingerprint density at radius 1 is 1.38 bits per heavy atom. The Hall–Kier alpha value is -1.57. The van der Waals surface area contributed by atoms with Gasteiger partial charge in [0.1, 0.15) is 6.61 Å². The predicted octanol–water partition coefficient (Wildman–Crippen LogP) is 1.42. The molecule has 0 saturated carbocycles. The minimum atomic E-state index is -0.375.